The first-order chi connectivity index (χ1) is 12.0. The molecule has 0 saturated carbocycles. The van der Waals surface area contributed by atoms with Crippen LogP contribution in [0.3, 0.4) is 0 Å². The standard InChI is InChI=1S/C19H22ClN3O2/c1-12-10-17(24)15(11-16(12)20)18(21)13-4-8-23(9-5-13)19(25)14-2-6-22-7-3-14/h2-3,6-7,10-11,13,18,24H,4-5,8-9,21H2,1H3/t18-/m1/s1. The van der Waals surface area contributed by atoms with Crippen molar-refractivity contribution in [3.63, 3.8) is 0 Å². The third-order valence-electron chi connectivity index (χ3n) is 4.93. The lowest BCUT2D eigenvalue weighted by molar-refractivity contribution is 0.0677. The molecular weight excluding hydrogens is 338 g/mol. The molecule has 0 unspecified atom stereocenters. The number of hydrogen-bond donors (Lipinski definition) is 2. The number of carbonyl (C=O) groups is 1. The van der Waals surface area contributed by atoms with E-state index in [1.807, 2.05) is 11.8 Å². The van der Waals surface area contributed by atoms with Crippen molar-refractivity contribution in [2.24, 2.45) is 11.7 Å². The second-order valence-electron chi connectivity index (χ2n) is 6.55. The van der Waals surface area contributed by atoms with Crippen molar-refractivity contribution in [2.75, 3.05) is 13.1 Å². The number of nitrogens with two attached hydrogens (primary N) is 1. The van der Waals surface area contributed by atoms with Gasteiger partial charge in [-0.1, -0.05) is 11.6 Å². The van der Waals surface area contributed by atoms with E-state index in [9.17, 15) is 9.90 Å². The summed E-state index contributed by atoms with van der Waals surface area (Å²) in [7, 11) is 0. The Labute approximate surface area is 152 Å². The summed E-state index contributed by atoms with van der Waals surface area (Å²) < 4.78 is 0. The number of rotatable bonds is 3. The molecule has 132 valence electrons. The molecule has 1 aliphatic heterocycles. The summed E-state index contributed by atoms with van der Waals surface area (Å²) in [6, 6.07) is 6.57. The van der Waals surface area contributed by atoms with Gasteiger partial charge in [0, 0.05) is 47.7 Å². The molecule has 0 aliphatic carbocycles. The number of nitrogens with zero attached hydrogens (tertiary/aromatic N) is 2. The van der Waals surface area contributed by atoms with E-state index in [0.717, 1.165) is 18.4 Å². The Hall–Kier alpha value is -2.11. The van der Waals surface area contributed by atoms with Crippen molar-refractivity contribution in [3.8, 4) is 5.75 Å². The number of benzene rings is 1. The average molecular weight is 360 g/mol. The number of amides is 1. The lowest BCUT2D eigenvalue weighted by Crippen LogP contribution is -2.41. The normalized spacial score (nSPS) is 16.7. The van der Waals surface area contributed by atoms with Gasteiger partial charge in [0.2, 0.25) is 0 Å². The maximum atomic E-state index is 12.5. The lowest BCUT2D eigenvalue weighted by atomic mass is 9.85. The summed E-state index contributed by atoms with van der Waals surface area (Å²) in [6.07, 6.45) is 4.84. The van der Waals surface area contributed by atoms with Crippen LogP contribution in [0.5, 0.6) is 5.75 Å². The van der Waals surface area contributed by atoms with Gasteiger partial charge >= 0.3 is 0 Å². The molecule has 1 aromatic heterocycles. The first-order valence-corrected chi connectivity index (χ1v) is 8.79. The molecule has 0 spiro atoms. The number of aromatic hydroxyl groups is 1. The fraction of sp³-hybridized carbons (Fsp3) is 0.368. The molecule has 0 radical (unpaired) electrons. The smallest absolute Gasteiger partial charge is 0.253 e. The van der Waals surface area contributed by atoms with Crippen molar-refractivity contribution in [1.29, 1.82) is 0 Å². The van der Waals surface area contributed by atoms with Crippen LogP contribution in [0.15, 0.2) is 36.7 Å². The number of hydrogen-bond acceptors (Lipinski definition) is 4. The molecular formula is C19H22ClN3O2. The number of pyridine rings is 1. The number of piperidine rings is 1. The first-order valence-electron chi connectivity index (χ1n) is 8.41. The summed E-state index contributed by atoms with van der Waals surface area (Å²) >= 11 is 6.18. The Balaban J connectivity index is 1.66. The van der Waals surface area contributed by atoms with Crippen molar-refractivity contribution in [3.05, 3.63) is 58.4 Å². The predicted octanol–water partition coefficient (Wildman–Crippen LogP) is 3.30. The van der Waals surface area contributed by atoms with Gasteiger partial charge in [0.15, 0.2) is 0 Å². The molecule has 3 N–H and O–H groups in total. The van der Waals surface area contributed by atoms with Crippen LogP contribution in [0, 0.1) is 12.8 Å². The Bertz CT molecular complexity index is 759. The zero-order valence-electron chi connectivity index (χ0n) is 14.2. The number of phenols is 1. The van der Waals surface area contributed by atoms with E-state index < -0.39 is 0 Å². The highest BCUT2D eigenvalue weighted by molar-refractivity contribution is 6.31. The molecule has 0 bridgehead atoms. The minimum Gasteiger partial charge on any atom is -0.508 e. The molecule has 5 nitrogen and oxygen atoms in total. The number of carbonyl (C=O) groups excluding carboxylic acids is 1. The van der Waals surface area contributed by atoms with E-state index in [4.69, 9.17) is 17.3 Å². The summed E-state index contributed by atoms with van der Waals surface area (Å²) in [5, 5.41) is 10.8. The summed E-state index contributed by atoms with van der Waals surface area (Å²) in [5.41, 5.74) is 8.55. The molecule has 1 aliphatic rings. The quantitative estimate of drug-likeness (QED) is 0.881. The third kappa shape index (κ3) is 3.78. The summed E-state index contributed by atoms with van der Waals surface area (Å²) in [4.78, 5) is 18.3. The largest absolute Gasteiger partial charge is 0.508 e. The fourth-order valence-corrected chi connectivity index (χ4v) is 3.51. The van der Waals surface area contributed by atoms with Gasteiger partial charge in [-0.3, -0.25) is 9.78 Å². The minimum absolute atomic E-state index is 0.0237. The van der Waals surface area contributed by atoms with E-state index in [-0.39, 0.29) is 23.6 Å². The molecule has 6 heteroatoms. The molecule has 1 aromatic carbocycles. The zero-order valence-corrected chi connectivity index (χ0v) is 14.9. The molecule has 1 saturated heterocycles. The maximum Gasteiger partial charge on any atom is 0.253 e. The number of aromatic nitrogens is 1. The SMILES string of the molecule is Cc1cc(O)c([C@H](N)C2CCN(C(=O)c3ccncc3)CC2)cc1Cl. The minimum atomic E-state index is -0.295. The van der Waals surface area contributed by atoms with Gasteiger partial charge in [-0.05, 0) is 55.5 Å². The van der Waals surface area contributed by atoms with Crippen molar-refractivity contribution in [1.82, 2.24) is 9.88 Å². The van der Waals surface area contributed by atoms with Crippen LogP contribution in [0.4, 0.5) is 0 Å². The van der Waals surface area contributed by atoms with Gasteiger partial charge in [-0.25, -0.2) is 0 Å². The summed E-state index contributed by atoms with van der Waals surface area (Å²) in [5.74, 6) is 0.409. The maximum absolute atomic E-state index is 12.5. The zero-order chi connectivity index (χ0) is 18.0. The van der Waals surface area contributed by atoms with E-state index >= 15 is 0 Å². The van der Waals surface area contributed by atoms with Crippen LogP contribution in [-0.2, 0) is 0 Å². The van der Waals surface area contributed by atoms with Crippen molar-refractivity contribution >= 4 is 17.5 Å². The van der Waals surface area contributed by atoms with Crippen LogP contribution < -0.4 is 5.73 Å². The highest BCUT2D eigenvalue weighted by Gasteiger charge is 2.29. The fourth-order valence-electron chi connectivity index (χ4n) is 3.34. The summed E-state index contributed by atoms with van der Waals surface area (Å²) in [6.45, 7) is 3.15. The van der Waals surface area contributed by atoms with Gasteiger partial charge in [0.05, 0.1) is 0 Å². The highest BCUT2D eigenvalue weighted by Crippen LogP contribution is 2.36. The number of aryl methyl sites for hydroxylation is 1. The molecule has 25 heavy (non-hydrogen) atoms. The molecule has 1 fully saturated rings. The first kappa shape index (κ1) is 17.7. The molecule has 2 heterocycles. The number of phenolic OH excluding ortho intramolecular Hbond substituents is 1. The second kappa shape index (κ2) is 7.42. The van der Waals surface area contributed by atoms with Crippen LogP contribution in [-0.4, -0.2) is 34.0 Å². The van der Waals surface area contributed by atoms with Crippen molar-refractivity contribution < 1.29 is 9.90 Å². The predicted molar refractivity (Wildman–Crippen MR) is 97.6 cm³/mol. The van der Waals surface area contributed by atoms with Gasteiger partial charge in [-0.2, -0.15) is 0 Å². The van der Waals surface area contributed by atoms with Crippen LogP contribution >= 0.6 is 11.6 Å². The van der Waals surface area contributed by atoms with Gasteiger partial charge in [0.1, 0.15) is 5.75 Å². The average Bonchev–Trinajstić information content (AvgIpc) is 2.64. The Kier molecular flexibility index (Phi) is 5.25. The van der Waals surface area contributed by atoms with Crippen LogP contribution in [0.25, 0.3) is 0 Å². The molecule has 2 aromatic rings. The van der Waals surface area contributed by atoms with E-state index in [0.29, 0.717) is 29.2 Å². The number of likely N-dealkylation sites (tertiary alicyclic amines) is 1. The van der Waals surface area contributed by atoms with Crippen LogP contribution in [0.2, 0.25) is 5.02 Å². The van der Waals surface area contributed by atoms with Gasteiger partial charge < -0.3 is 15.7 Å². The molecule has 1 amide bonds. The Morgan fingerprint density at radius 3 is 2.60 bits per heavy atom. The highest BCUT2D eigenvalue weighted by atomic mass is 35.5. The van der Waals surface area contributed by atoms with E-state index in [2.05, 4.69) is 4.98 Å². The Morgan fingerprint density at radius 1 is 1.32 bits per heavy atom. The second-order valence-corrected chi connectivity index (χ2v) is 6.96. The van der Waals surface area contributed by atoms with E-state index in [1.54, 1.807) is 36.7 Å². The van der Waals surface area contributed by atoms with Crippen LogP contribution in [0.1, 0.15) is 40.4 Å². The topological polar surface area (TPSA) is 79.5 Å². The number of halogens is 1. The van der Waals surface area contributed by atoms with Gasteiger partial charge in [0.25, 0.3) is 5.91 Å². The third-order valence-corrected chi connectivity index (χ3v) is 5.34. The monoisotopic (exact) mass is 359 g/mol. The van der Waals surface area contributed by atoms with E-state index in [1.165, 1.54) is 0 Å². The van der Waals surface area contributed by atoms with Crippen molar-refractivity contribution in [2.45, 2.75) is 25.8 Å². The molecule has 1 atom stereocenters. The molecule has 3 rings (SSSR count). The van der Waals surface area contributed by atoms with Gasteiger partial charge in [-0.15, -0.1) is 0 Å². The lowest BCUT2D eigenvalue weighted by Gasteiger charge is -2.35. The Morgan fingerprint density at radius 2 is 1.96 bits per heavy atom.